The van der Waals surface area contributed by atoms with E-state index in [-0.39, 0.29) is 0 Å². The Labute approximate surface area is 70.1 Å². The summed E-state index contributed by atoms with van der Waals surface area (Å²) < 4.78 is 5.73. The summed E-state index contributed by atoms with van der Waals surface area (Å²) in [4.78, 5) is 0. The van der Waals surface area contributed by atoms with Crippen molar-refractivity contribution >= 4 is 0 Å². The molecule has 0 aromatic rings. The molecule has 0 spiro atoms. The third-order valence-electron chi connectivity index (χ3n) is 2.55. The van der Waals surface area contributed by atoms with Crippen LogP contribution in [0.1, 0.15) is 46.5 Å². The average Bonchev–Trinajstić information content (AvgIpc) is 2.35. The van der Waals surface area contributed by atoms with Crippen LogP contribution in [0.3, 0.4) is 0 Å². The first-order chi connectivity index (χ1) is 5.20. The van der Waals surface area contributed by atoms with E-state index >= 15 is 0 Å². The zero-order chi connectivity index (χ0) is 8.27. The van der Waals surface area contributed by atoms with Crippen LogP contribution in [0.25, 0.3) is 0 Å². The lowest BCUT2D eigenvalue weighted by Crippen LogP contribution is -2.21. The van der Waals surface area contributed by atoms with E-state index < -0.39 is 0 Å². The molecule has 66 valence electrons. The van der Waals surface area contributed by atoms with Crippen LogP contribution < -0.4 is 0 Å². The maximum absolute atomic E-state index is 5.73. The molecule has 0 amide bonds. The first kappa shape index (κ1) is 9.05. The van der Waals surface area contributed by atoms with Gasteiger partial charge in [-0.15, -0.1) is 0 Å². The highest BCUT2D eigenvalue weighted by atomic mass is 16.5. The zero-order valence-electron chi connectivity index (χ0n) is 7.97. The molecule has 0 unspecified atom stereocenters. The topological polar surface area (TPSA) is 9.23 Å². The van der Waals surface area contributed by atoms with E-state index in [4.69, 9.17) is 4.74 Å². The summed E-state index contributed by atoms with van der Waals surface area (Å²) in [6.45, 7) is 6.45. The Morgan fingerprint density at radius 1 is 1.09 bits per heavy atom. The highest BCUT2D eigenvalue weighted by molar-refractivity contribution is 4.73. The fourth-order valence-corrected chi connectivity index (χ4v) is 1.97. The second-order valence-electron chi connectivity index (χ2n) is 3.93. The molecule has 1 nitrogen and oxygen atoms in total. The van der Waals surface area contributed by atoms with Gasteiger partial charge >= 0.3 is 0 Å². The van der Waals surface area contributed by atoms with Crippen molar-refractivity contribution in [3.8, 4) is 0 Å². The summed E-state index contributed by atoms with van der Waals surface area (Å²) in [6, 6.07) is 0. The molecule has 1 fully saturated rings. The van der Waals surface area contributed by atoms with Crippen molar-refractivity contribution in [2.75, 3.05) is 0 Å². The lowest BCUT2D eigenvalue weighted by Gasteiger charge is -2.21. The van der Waals surface area contributed by atoms with Crippen LogP contribution in [0, 0.1) is 5.92 Å². The van der Waals surface area contributed by atoms with Crippen LogP contribution >= 0.6 is 0 Å². The van der Waals surface area contributed by atoms with Crippen molar-refractivity contribution in [1.29, 1.82) is 0 Å². The Hall–Kier alpha value is -0.0400. The van der Waals surface area contributed by atoms with E-state index in [1.807, 2.05) is 0 Å². The highest BCUT2D eigenvalue weighted by Gasteiger charge is 2.22. The number of hydrogen-bond acceptors (Lipinski definition) is 1. The first-order valence-electron chi connectivity index (χ1n) is 4.85. The molecule has 1 heteroatoms. The minimum Gasteiger partial charge on any atom is -0.376 e. The van der Waals surface area contributed by atoms with Crippen LogP contribution in [-0.4, -0.2) is 12.2 Å². The maximum atomic E-state index is 5.73. The molecule has 0 N–H and O–H groups in total. The van der Waals surface area contributed by atoms with Crippen molar-refractivity contribution in [3.05, 3.63) is 0 Å². The van der Waals surface area contributed by atoms with Gasteiger partial charge in [0.2, 0.25) is 0 Å². The van der Waals surface area contributed by atoms with Crippen molar-refractivity contribution in [3.63, 3.8) is 0 Å². The molecule has 0 aromatic carbocycles. The molecule has 0 aromatic heterocycles. The van der Waals surface area contributed by atoms with E-state index in [0.29, 0.717) is 12.2 Å². The van der Waals surface area contributed by atoms with Crippen LogP contribution in [0.5, 0.6) is 0 Å². The fourth-order valence-electron chi connectivity index (χ4n) is 1.97. The Balaban J connectivity index is 2.22. The molecule has 11 heavy (non-hydrogen) atoms. The van der Waals surface area contributed by atoms with Gasteiger partial charge in [-0.2, -0.15) is 0 Å². The highest BCUT2D eigenvalue weighted by Crippen LogP contribution is 2.29. The van der Waals surface area contributed by atoms with Gasteiger partial charge in [-0.3, -0.25) is 0 Å². The van der Waals surface area contributed by atoms with Gasteiger partial charge in [0.05, 0.1) is 12.2 Å². The van der Waals surface area contributed by atoms with Crippen molar-refractivity contribution in [2.24, 2.45) is 5.92 Å². The molecular formula is C10H20O. The van der Waals surface area contributed by atoms with Crippen molar-refractivity contribution in [1.82, 2.24) is 0 Å². The summed E-state index contributed by atoms with van der Waals surface area (Å²) in [5.41, 5.74) is 0. The monoisotopic (exact) mass is 156 g/mol. The minimum absolute atomic E-state index is 0.394. The van der Waals surface area contributed by atoms with Crippen molar-refractivity contribution in [2.45, 2.75) is 58.7 Å². The first-order valence-corrected chi connectivity index (χ1v) is 4.85. The Bertz CT molecular complexity index is 103. The zero-order valence-corrected chi connectivity index (χ0v) is 7.97. The van der Waals surface area contributed by atoms with Gasteiger partial charge in [0.1, 0.15) is 0 Å². The Kier molecular flexibility index (Phi) is 3.38. The lowest BCUT2D eigenvalue weighted by atomic mass is 10.0. The van der Waals surface area contributed by atoms with Gasteiger partial charge in [-0.1, -0.05) is 12.8 Å². The predicted octanol–water partition coefficient (Wildman–Crippen LogP) is 2.99. The molecule has 0 heterocycles. The van der Waals surface area contributed by atoms with E-state index in [2.05, 4.69) is 20.8 Å². The van der Waals surface area contributed by atoms with Gasteiger partial charge in [-0.25, -0.2) is 0 Å². The number of ether oxygens (including phenoxy) is 1. The Morgan fingerprint density at radius 2 is 1.64 bits per heavy atom. The standard InChI is InChI=1S/C10H20O/c1-8(2)11-9(3)10-6-4-5-7-10/h8-10H,4-7H2,1-3H3/t9-/m0/s1. The van der Waals surface area contributed by atoms with Gasteiger partial charge < -0.3 is 4.74 Å². The second kappa shape index (κ2) is 4.10. The van der Waals surface area contributed by atoms with E-state index in [1.165, 1.54) is 25.7 Å². The normalized spacial score (nSPS) is 22.9. The van der Waals surface area contributed by atoms with E-state index in [0.717, 1.165) is 5.92 Å². The van der Waals surface area contributed by atoms with Gasteiger partial charge in [0, 0.05) is 0 Å². The SMILES string of the molecule is CC(C)O[C@@H](C)C1CCCC1. The third kappa shape index (κ3) is 2.82. The molecule has 0 radical (unpaired) electrons. The number of rotatable bonds is 3. The Morgan fingerprint density at radius 3 is 2.09 bits per heavy atom. The van der Waals surface area contributed by atoms with Crippen molar-refractivity contribution < 1.29 is 4.74 Å². The lowest BCUT2D eigenvalue weighted by molar-refractivity contribution is -0.0134. The van der Waals surface area contributed by atoms with Crippen LogP contribution in [0.4, 0.5) is 0 Å². The van der Waals surface area contributed by atoms with Gasteiger partial charge in [-0.05, 0) is 39.5 Å². The molecule has 0 saturated heterocycles. The molecule has 1 atom stereocenters. The van der Waals surface area contributed by atoms with Crippen LogP contribution in [-0.2, 0) is 4.74 Å². The summed E-state index contributed by atoms with van der Waals surface area (Å²) >= 11 is 0. The molecular weight excluding hydrogens is 136 g/mol. The molecule has 1 aliphatic carbocycles. The van der Waals surface area contributed by atoms with Crippen LogP contribution in [0.2, 0.25) is 0 Å². The number of hydrogen-bond donors (Lipinski definition) is 0. The molecule has 1 saturated carbocycles. The third-order valence-corrected chi connectivity index (χ3v) is 2.55. The molecule has 0 aliphatic heterocycles. The maximum Gasteiger partial charge on any atom is 0.0578 e. The van der Waals surface area contributed by atoms with Gasteiger partial charge in [0.25, 0.3) is 0 Å². The quantitative estimate of drug-likeness (QED) is 0.610. The second-order valence-corrected chi connectivity index (χ2v) is 3.93. The summed E-state index contributed by atoms with van der Waals surface area (Å²) in [6.07, 6.45) is 6.47. The summed E-state index contributed by atoms with van der Waals surface area (Å²) in [7, 11) is 0. The summed E-state index contributed by atoms with van der Waals surface area (Å²) in [5, 5.41) is 0. The van der Waals surface area contributed by atoms with Crippen LogP contribution in [0.15, 0.2) is 0 Å². The fraction of sp³-hybridized carbons (Fsp3) is 1.00. The predicted molar refractivity (Wildman–Crippen MR) is 47.6 cm³/mol. The average molecular weight is 156 g/mol. The van der Waals surface area contributed by atoms with Gasteiger partial charge in [0.15, 0.2) is 0 Å². The molecule has 1 aliphatic rings. The van der Waals surface area contributed by atoms with E-state index in [1.54, 1.807) is 0 Å². The summed E-state index contributed by atoms with van der Waals surface area (Å²) in [5.74, 6) is 0.845. The van der Waals surface area contributed by atoms with E-state index in [9.17, 15) is 0 Å². The smallest absolute Gasteiger partial charge is 0.0578 e. The molecule has 1 rings (SSSR count). The minimum atomic E-state index is 0.394. The molecule has 0 bridgehead atoms. The largest absolute Gasteiger partial charge is 0.376 e.